The molecule has 0 spiro atoms. The molecule has 152 valence electrons. The Morgan fingerprint density at radius 3 is 2.14 bits per heavy atom. The summed E-state index contributed by atoms with van der Waals surface area (Å²) in [5, 5.41) is 0. The van der Waals surface area contributed by atoms with E-state index in [4.69, 9.17) is 4.74 Å². The molecule has 0 radical (unpaired) electrons. The zero-order valence-corrected chi connectivity index (χ0v) is 17.5. The first-order chi connectivity index (χ1) is 13.2. The Labute approximate surface area is 166 Å². The number of piperidine rings is 1. The Morgan fingerprint density at radius 1 is 0.964 bits per heavy atom. The van der Waals surface area contributed by atoms with Crippen LogP contribution < -0.4 is 9.46 Å². The number of methoxy groups -OCH3 is 1. The molecular formula is C19H24N2O5S2. The van der Waals surface area contributed by atoms with E-state index in [9.17, 15) is 16.8 Å². The zero-order chi connectivity index (χ0) is 20.4. The van der Waals surface area contributed by atoms with Crippen molar-refractivity contribution in [1.29, 1.82) is 0 Å². The number of anilines is 1. The number of rotatable bonds is 6. The second-order valence-corrected chi connectivity index (χ2v) is 10.5. The highest BCUT2D eigenvalue weighted by Crippen LogP contribution is 2.25. The van der Waals surface area contributed by atoms with E-state index in [1.165, 1.54) is 47.8 Å². The van der Waals surface area contributed by atoms with Gasteiger partial charge in [0.15, 0.2) is 0 Å². The molecule has 2 aromatic carbocycles. The predicted molar refractivity (Wildman–Crippen MR) is 107 cm³/mol. The van der Waals surface area contributed by atoms with Crippen LogP contribution in [0.15, 0.2) is 58.3 Å². The van der Waals surface area contributed by atoms with Crippen molar-refractivity contribution in [3.63, 3.8) is 0 Å². The molecule has 28 heavy (non-hydrogen) atoms. The summed E-state index contributed by atoms with van der Waals surface area (Å²) in [5.74, 6) is 0.889. The topological polar surface area (TPSA) is 92.8 Å². The fourth-order valence-electron chi connectivity index (χ4n) is 3.18. The van der Waals surface area contributed by atoms with Crippen molar-refractivity contribution in [2.45, 2.75) is 29.6 Å². The van der Waals surface area contributed by atoms with Crippen molar-refractivity contribution in [3.05, 3.63) is 48.5 Å². The summed E-state index contributed by atoms with van der Waals surface area (Å²) in [5.41, 5.74) is 0.293. The Kier molecular flexibility index (Phi) is 5.97. The maximum absolute atomic E-state index is 12.8. The number of benzene rings is 2. The first kappa shape index (κ1) is 20.6. The second kappa shape index (κ2) is 8.10. The zero-order valence-electron chi connectivity index (χ0n) is 15.8. The van der Waals surface area contributed by atoms with Crippen LogP contribution in [0.25, 0.3) is 0 Å². The van der Waals surface area contributed by atoms with E-state index in [-0.39, 0.29) is 9.79 Å². The molecule has 2 aromatic rings. The van der Waals surface area contributed by atoms with E-state index >= 15 is 0 Å². The van der Waals surface area contributed by atoms with Crippen LogP contribution in [0, 0.1) is 5.92 Å². The SMILES string of the molecule is COc1ccc(S(=O)(=O)Nc2ccc(S(=O)(=O)N3CCC[C@@H](C)C3)cc2)cc1. The van der Waals surface area contributed by atoms with E-state index in [1.807, 2.05) is 6.92 Å². The van der Waals surface area contributed by atoms with E-state index < -0.39 is 20.0 Å². The summed E-state index contributed by atoms with van der Waals surface area (Å²) < 4.78 is 59.5. The lowest BCUT2D eigenvalue weighted by molar-refractivity contribution is 0.281. The Hall–Kier alpha value is -2.10. The summed E-state index contributed by atoms with van der Waals surface area (Å²) in [7, 11) is -5.85. The standard InChI is InChI=1S/C19H24N2O5S2/c1-15-4-3-13-21(14-15)28(24,25)19-9-5-16(6-10-19)20-27(22,23)18-11-7-17(26-2)8-12-18/h5-12,15,20H,3-4,13-14H2,1-2H3/t15-/m1/s1. The van der Waals surface area contributed by atoms with E-state index in [2.05, 4.69) is 4.72 Å². The van der Waals surface area contributed by atoms with Crippen LogP contribution in [0.2, 0.25) is 0 Å². The van der Waals surface area contributed by atoms with Gasteiger partial charge in [-0.25, -0.2) is 16.8 Å². The van der Waals surface area contributed by atoms with Gasteiger partial charge < -0.3 is 4.74 Å². The molecule has 1 aliphatic heterocycles. The molecule has 0 saturated carbocycles. The van der Waals surface area contributed by atoms with Gasteiger partial charge in [0.2, 0.25) is 10.0 Å². The van der Waals surface area contributed by atoms with E-state index in [1.54, 1.807) is 12.1 Å². The van der Waals surface area contributed by atoms with Crippen molar-refractivity contribution in [1.82, 2.24) is 4.31 Å². The van der Waals surface area contributed by atoms with Gasteiger partial charge in [-0.1, -0.05) is 6.92 Å². The summed E-state index contributed by atoms with van der Waals surface area (Å²) in [6, 6.07) is 11.8. The number of hydrogen-bond acceptors (Lipinski definition) is 5. The van der Waals surface area contributed by atoms with Gasteiger partial charge >= 0.3 is 0 Å². The monoisotopic (exact) mass is 424 g/mol. The molecule has 1 fully saturated rings. The van der Waals surface area contributed by atoms with Gasteiger partial charge in [0, 0.05) is 18.8 Å². The average Bonchev–Trinajstić information content (AvgIpc) is 2.68. The molecule has 1 heterocycles. The lowest BCUT2D eigenvalue weighted by Crippen LogP contribution is -2.39. The van der Waals surface area contributed by atoms with Crippen LogP contribution in [0.5, 0.6) is 5.75 Å². The fourth-order valence-corrected chi connectivity index (χ4v) is 5.83. The third kappa shape index (κ3) is 4.48. The van der Waals surface area contributed by atoms with Crippen LogP contribution in [0.3, 0.4) is 0 Å². The van der Waals surface area contributed by atoms with Crippen molar-refractivity contribution < 1.29 is 21.6 Å². The largest absolute Gasteiger partial charge is 0.497 e. The van der Waals surface area contributed by atoms with Crippen LogP contribution in [0.1, 0.15) is 19.8 Å². The molecular weight excluding hydrogens is 400 g/mol. The van der Waals surface area contributed by atoms with Crippen molar-refractivity contribution in [2.24, 2.45) is 5.92 Å². The molecule has 9 heteroatoms. The number of ether oxygens (including phenoxy) is 1. The van der Waals surface area contributed by atoms with Crippen molar-refractivity contribution >= 4 is 25.7 Å². The van der Waals surface area contributed by atoms with Crippen LogP contribution in [-0.4, -0.2) is 41.3 Å². The second-order valence-electron chi connectivity index (χ2n) is 6.92. The summed E-state index contributed by atoms with van der Waals surface area (Å²) in [6.07, 6.45) is 1.87. The highest BCUT2D eigenvalue weighted by atomic mass is 32.2. The molecule has 1 N–H and O–H groups in total. The maximum Gasteiger partial charge on any atom is 0.261 e. The molecule has 0 unspecified atom stereocenters. The van der Waals surface area contributed by atoms with Gasteiger partial charge in [0.1, 0.15) is 5.75 Å². The van der Waals surface area contributed by atoms with Gasteiger partial charge in [-0.3, -0.25) is 4.72 Å². The fraction of sp³-hybridized carbons (Fsp3) is 0.368. The van der Waals surface area contributed by atoms with Gasteiger partial charge in [-0.15, -0.1) is 0 Å². The third-order valence-electron chi connectivity index (χ3n) is 4.73. The first-order valence-electron chi connectivity index (χ1n) is 8.99. The summed E-state index contributed by atoms with van der Waals surface area (Å²) in [4.78, 5) is 0.251. The maximum atomic E-state index is 12.8. The molecule has 7 nitrogen and oxygen atoms in total. The van der Waals surface area contributed by atoms with E-state index in [0.29, 0.717) is 30.4 Å². The van der Waals surface area contributed by atoms with Gasteiger partial charge in [0.05, 0.1) is 16.9 Å². The van der Waals surface area contributed by atoms with Crippen molar-refractivity contribution in [3.8, 4) is 5.75 Å². The molecule has 1 aliphatic rings. The molecule has 3 rings (SSSR count). The lowest BCUT2D eigenvalue weighted by atomic mass is 10.0. The number of sulfonamides is 2. The van der Waals surface area contributed by atoms with Gasteiger partial charge in [-0.2, -0.15) is 4.31 Å². The molecule has 0 bridgehead atoms. The highest BCUT2D eigenvalue weighted by Gasteiger charge is 2.28. The van der Waals surface area contributed by atoms with Gasteiger partial charge in [-0.05, 0) is 67.3 Å². The van der Waals surface area contributed by atoms with Crippen LogP contribution in [-0.2, 0) is 20.0 Å². The molecule has 0 aromatic heterocycles. The molecule has 0 amide bonds. The first-order valence-corrected chi connectivity index (χ1v) is 11.9. The van der Waals surface area contributed by atoms with Crippen molar-refractivity contribution in [2.75, 3.05) is 24.9 Å². The van der Waals surface area contributed by atoms with Crippen LogP contribution in [0.4, 0.5) is 5.69 Å². The minimum Gasteiger partial charge on any atom is -0.497 e. The quantitative estimate of drug-likeness (QED) is 0.770. The molecule has 1 saturated heterocycles. The highest BCUT2D eigenvalue weighted by molar-refractivity contribution is 7.92. The lowest BCUT2D eigenvalue weighted by Gasteiger charge is -2.30. The Morgan fingerprint density at radius 2 is 1.57 bits per heavy atom. The summed E-state index contributed by atoms with van der Waals surface area (Å²) >= 11 is 0. The van der Waals surface area contributed by atoms with E-state index in [0.717, 1.165) is 12.8 Å². The normalized spacial score (nSPS) is 18.6. The predicted octanol–water partition coefficient (Wildman–Crippen LogP) is 2.92. The summed E-state index contributed by atoms with van der Waals surface area (Å²) in [6.45, 7) is 3.06. The van der Waals surface area contributed by atoms with Gasteiger partial charge in [0.25, 0.3) is 10.0 Å². The molecule has 1 atom stereocenters. The smallest absolute Gasteiger partial charge is 0.261 e. The Balaban J connectivity index is 1.76. The Bertz CT molecular complexity index is 1020. The van der Waals surface area contributed by atoms with Crippen LogP contribution >= 0.6 is 0 Å². The minimum absolute atomic E-state index is 0.0901. The number of hydrogen-bond donors (Lipinski definition) is 1. The third-order valence-corrected chi connectivity index (χ3v) is 8.01. The number of nitrogens with zero attached hydrogens (tertiary/aromatic N) is 1. The molecule has 0 aliphatic carbocycles. The minimum atomic E-state index is -3.78. The number of nitrogens with one attached hydrogen (secondary N) is 1. The average molecular weight is 425 g/mol.